The van der Waals surface area contributed by atoms with Gasteiger partial charge in [-0.15, -0.1) is 0 Å². The van der Waals surface area contributed by atoms with Gasteiger partial charge in [0.2, 0.25) is 0 Å². The molecular weight excluding hydrogens is 196 g/mol. The summed E-state index contributed by atoms with van der Waals surface area (Å²) in [6, 6.07) is 0. The van der Waals surface area contributed by atoms with Crippen molar-refractivity contribution in [2.45, 2.75) is 36.3 Å². The van der Waals surface area contributed by atoms with Crippen LogP contribution in [0, 0.1) is 0 Å². The molecule has 2 rings (SSSR count). The number of ketones is 1. The highest BCUT2D eigenvalue weighted by Crippen LogP contribution is 2.33. The minimum atomic E-state index is -0.0220. The standard InChI is InChI=1S/C7H9BrO2/c8-7-5(9)3-4-1-2-6(7)10-4/h4,6-7H,1-3H2. The molecule has 0 saturated carbocycles. The fraction of sp³-hybridized carbons (Fsp3) is 0.857. The number of fused-ring (bicyclic) bond motifs is 2. The molecule has 0 N–H and O–H groups in total. The van der Waals surface area contributed by atoms with Gasteiger partial charge < -0.3 is 4.74 Å². The lowest BCUT2D eigenvalue weighted by Crippen LogP contribution is -2.35. The summed E-state index contributed by atoms with van der Waals surface area (Å²) >= 11 is 3.33. The topological polar surface area (TPSA) is 26.3 Å². The van der Waals surface area contributed by atoms with E-state index in [1.807, 2.05) is 0 Å². The average molecular weight is 205 g/mol. The van der Waals surface area contributed by atoms with E-state index in [1.165, 1.54) is 0 Å². The van der Waals surface area contributed by atoms with Crippen LogP contribution in [0.4, 0.5) is 0 Å². The van der Waals surface area contributed by atoms with Crippen LogP contribution in [0.1, 0.15) is 19.3 Å². The van der Waals surface area contributed by atoms with Crippen LogP contribution in [0.5, 0.6) is 0 Å². The van der Waals surface area contributed by atoms with Crippen molar-refractivity contribution in [3.63, 3.8) is 0 Å². The summed E-state index contributed by atoms with van der Waals surface area (Å²) in [5.74, 6) is 0.318. The zero-order chi connectivity index (χ0) is 7.14. The van der Waals surface area contributed by atoms with Gasteiger partial charge in [-0.25, -0.2) is 0 Å². The third-order valence-corrected chi connectivity index (χ3v) is 3.30. The number of carbonyl (C=O) groups excluding carboxylic acids is 1. The van der Waals surface area contributed by atoms with Gasteiger partial charge in [-0.1, -0.05) is 15.9 Å². The van der Waals surface area contributed by atoms with Crippen LogP contribution in [0.15, 0.2) is 0 Å². The first-order valence-electron chi connectivity index (χ1n) is 3.59. The van der Waals surface area contributed by atoms with Crippen molar-refractivity contribution in [1.82, 2.24) is 0 Å². The second kappa shape index (κ2) is 2.31. The highest BCUT2D eigenvalue weighted by atomic mass is 79.9. The second-order valence-corrected chi connectivity index (χ2v) is 3.93. The highest BCUT2D eigenvalue weighted by molar-refractivity contribution is 9.10. The van der Waals surface area contributed by atoms with Crippen molar-refractivity contribution in [1.29, 1.82) is 0 Å². The number of rotatable bonds is 0. The van der Waals surface area contributed by atoms with E-state index >= 15 is 0 Å². The Kier molecular flexibility index (Phi) is 1.57. The van der Waals surface area contributed by atoms with Crippen LogP contribution in [0.2, 0.25) is 0 Å². The SMILES string of the molecule is O=C1CC2CCC(O2)C1Br. The molecule has 2 saturated heterocycles. The van der Waals surface area contributed by atoms with Crippen LogP contribution in [0.3, 0.4) is 0 Å². The second-order valence-electron chi connectivity index (χ2n) is 2.95. The summed E-state index contributed by atoms with van der Waals surface area (Å²) < 4.78 is 5.51. The van der Waals surface area contributed by atoms with Crippen molar-refractivity contribution >= 4 is 21.7 Å². The summed E-state index contributed by atoms with van der Waals surface area (Å²) in [5, 5.41) is 0. The lowest BCUT2D eigenvalue weighted by Gasteiger charge is -2.23. The van der Waals surface area contributed by atoms with Crippen molar-refractivity contribution < 1.29 is 9.53 Å². The third kappa shape index (κ3) is 0.920. The van der Waals surface area contributed by atoms with Gasteiger partial charge in [-0.05, 0) is 12.8 Å². The largest absolute Gasteiger partial charge is 0.373 e. The number of hydrogen-bond donors (Lipinski definition) is 0. The maximum Gasteiger partial charge on any atom is 0.151 e. The minimum Gasteiger partial charge on any atom is -0.373 e. The number of carbonyl (C=O) groups is 1. The van der Waals surface area contributed by atoms with Gasteiger partial charge in [0.05, 0.1) is 17.0 Å². The van der Waals surface area contributed by atoms with Crippen LogP contribution in [-0.4, -0.2) is 22.8 Å². The number of halogens is 1. The average Bonchev–Trinajstić information content (AvgIpc) is 2.29. The number of Topliss-reactive ketones (excluding diaryl/α,β-unsaturated/α-hetero) is 1. The molecule has 2 aliphatic rings. The normalized spacial score (nSPS) is 46.1. The van der Waals surface area contributed by atoms with Gasteiger partial charge in [0.25, 0.3) is 0 Å². The molecule has 2 heterocycles. The Balaban J connectivity index is 2.17. The van der Waals surface area contributed by atoms with E-state index in [2.05, 4.69) is 15.9 Å². The molecule has 2 bridgehead atoms. The molecular formula is C7H9BrO2. The van der Waals surface area contributed by atoms with Crippen molar-refractivity contribution in [3.8, 4) is 0 Å². The summed E-state index contributed by atoms with van der Waals surface area (Å²) in [4.78, 5) is 11.1. The Morgan fingerprint density at radius 1 is 1.50 bits per heavy atom. The first kappa shape index (κ1) is 6.80. The smallest absolute Gasteiger partial charge is 0.151 e. The molecule has 0 aromatic carbocycles. The molecule has 0 amide bonds. The molecule has 2 nitrogen and oxygen atoms in total. The third-order valence-electron chi connectivity index (χ3n) is 2.20. The maximum absolute atomic E-state index is 11.1. The van der Waals surface area contributed by atoms with E-state index in [0.717, 1.165) is 12.8 Å². The monoisotopic (exact) mass is 204 g/mol. The summed E-state index contributed by atoms with van der Waals surface area (Å²) in [7, 11) is 0. The van der Waals surface area contributed by atoms with Crippen LogP contribution in [-0.2, 0) is 9.53 Å². The molecule has 0 aromatic rings. The van der Waals surface area contributed by atoms with Crippen LogP contribution < -0.4 is 0 Å². The molecule has 0 spiro atoms. The zero-order valence-corrected chi connectivity index (χ0v) is 7.13. The summed E-state index contributed by atoms with van der Waals surface area (Å²) in [5.41, 5.74) is 0. The highest BCUT2D eigenvalue weighted by Gasteiger charge is 2.40. The van der Waals surface area contributed by atoms with E-state index in [1.54, 1.807) is 0 Å². The van der Waals surface area contributed by atoms with E-state index in [4.69, 9.17) is 4.74 Å². The molecule has 0 radical (unpaired) electrons. The molecule has 56 valence electrons. The van der Waals surface area contributed by atoms with Gasteiger partial charge >= 0.3 is 0 Å². The minimum absolute atomic E-state index is 0.0220. The molecule has 0 aromatic heterocycles. The molecule has 3 atom stereocenters. The van der Waals surface area contributed by atoms with Crippen molar-refractivity contribution in [2.75, 3.05) is 0 Å². The Morgan fingerprint density at radius 2 is 2.30 bits per heavy atom. The zero-order valence-electron chi connectivity index (χ0n) is 5.55. The Bertz CT molecular complexity index is 169. The lowest BCUT2D eigenvalue weighted by atomic mass is 10.1. The fourth-order valence-corrected chi connectivity index (χ4v) is 2.22. The first-order valence-corrected chi connectivity index (χ1v) is 4.51. The molecule has 0 aliphatic carbocycles. The maximum atomic E-state index is 11.1. The van der Waals surface area contributed by atoms with Gasteiger partial charge in [0.1, 0.15) is 0 Å². The summed E-state index contributed by atoms with van der Waals surface area (Å²) in [6.07, 6.45) is 3.15. The van der Waals surface area contributed by atoms with Crippen LogP contribution >= 0.6 is 15.9 Å². The van der Waals surface area contributed by atoms with Gasteiger partial charge in [0.15, 0.2) is 5.78 Å². The quantitative estimate of drug-likeness (QED) is 0.556. The van der Waals surface area contributed by atoms with E-state index < -0.39 is 0 Å². The molecule has 3 heteroatoms. The molecule has 2 fully saturated rings. The first-order chi connectivity index (χ1) is 4.77. The summed E-state index contributed by atoms with van der Waals surface area (Å²) in [6.45, 7) is 0. The van der Waals surface area contributed by atoms with Crippen LogP contribution in [0.25, 0.3) is 0 Å². The molecule has 3 unspecified atom stereocenters. The Labute approximate surface area is 68.1 Å². The van der Waals surface area contributed by atoms with Gasteiger partial charge in [0, 0.05) is 6.42 Å². The van der Waals surface area contributed by atoms with Gasteiger partial charge in [-0.2, -0.15) is 0 Å². The Hall–Kier alpha value is 0.110. The lowest BCUT2D eigenvalue weighted by molar-refractivity contribution is -0.128. The van der Waals surface area contributed by atoms with Crippen molar-refractivity contribution in [2.24, 2.45) is 0 Å². The Morgan fingerprint density at radius 3 is 3.10 bits per heavy atom. The van der Waals surface area contributed by atoms with E-state index in [-0.39, 0.29) is 17.0 Å². The number of alkyl halides is 1. The van der Waals surface area contributed by atoms with Gasteiger partial charge in [-0.3, -0.25) is 4.79 Å². The van der Waals surface area contributed by atoms with Crippen molar-refractivity contribution in [3.05, 3.63) is 0 Å². The fourth-order valence-electron chi connectivity index (χ4n) is 1.64. The predicted molar refractivity (Wildman–Crippen MR) is 40.2 cm³/mol. The van der Waals surface area contributed by atoms with E-state index in [9.17, 15) is 4.79 Å². The molecule has 10 heavy (non-hydrogen) atoms. The molecule has 2 aliphatic heterocycles. The number of hydrogen-bond acceptors (Lipinski definition) is 2. The number of ether oxygens (including phenoxy) is 1. The predicted octanol–water partition coefficient (Wildman–Crippen LogP) is 1.27. The van der Waals surface area contributed by atoms with E-state index in [0.29, 0.717) is 12.2 Å².